The third-order valence-corrected chi connectivity index (χ3v) is 2.00. The van der Waals surface area contributed by atoms with Crippen LogP contribution in [-0.2, 0) is 0 Å². The summed E-state index contributed by atoms with van der Waals surface area (Å²) in [6, 6.07) is 2.98. The number of hydrogen-bond acceptors (Lipinski definition) is 3. The summed E-state index contributed by atoms with van der Waals surface area (Å²) >= 11 is 0. The number of aldehydes is 1. The Hall–Kier alpha value is -1.91. The molecule has 0 saturated carbocycles. The second-order valence-corrected chi connectivity index (χ2v) is 4.35. The Balaban J connectivity index is 3.21. The van der Waals surface area contributed by atoms with Crippen molar-refractivity contribution in [3.63, 3.8) is 0 Å². The van der Waals surface area contributed by atoms with Gasteiger partial charge in [0.2, 0.25) is 0 Å². The molecule has 1 amide bonds. The highest BCUT2D eigenvalue weighted by Gasteiger charge is 2.28. The highest BCUT2D eigenvalue weighted by atomic mass is 16.4. The van der Waals surface area contributed by atoms with Crippen LogP contribution in [0.4, 0.5) is 10.6 Å². The van der Waals surface area contributed by atoms with Crippen molar-refractivity contribution in [3.05, 3.63) is 23.9 Å². The summed E-state index contributed by atoms with van der Waals surface area (Å²) in [5.41, 5.74) is -0.208. The van der Waals surface area contributed by atoms with E-state index in [0.717, 1.165) is 4.90 Å². The maximum Gasteiger partial charge on any atom is 0.413 e. The molecule has 0 bridgehead atoms. The van der Waals surface area contributed by atoms with Gasteiger partial charge in [0.25, 0.3) is 0 Å². The molecule has 1 rings (SSSR count). The minimum Gasteiger partial charge on any atom is -0.465 e. The molecule has 0 spiro atoms. The standard InChI is InChI=1S/C11H14N2O3/c1-11(2,3)13(10(15)16)9-6-8(7-14)4-5-12-9/h4-7H,1-3H3,(H,15,16). The van der Waals surface area contributed by atoms with E-state index >= 15 is 0 Å². The van der Waals surface area contributed by atoms with Gasteiger partial charge in [0.05, 0.1) is 0 Å². The lowest BCUT2D eigenvalue weighted by molar-refractivity contribution is 0.112. The van der Waals surface area contributed by atoms with Crippen LogP contribution >= 0.6 is 0 Å². The third-order valence-electron chi connectivity index (χ3n) is 2.00. The number of nitrogens with zero attached hydrogens (tertiary/aromatic N) is 2. The molecule has 16 heavy (non-hydrogen) atoms. The van der Waals surface area contributed by atoms with Crippen LogP contribution < -0.4 is 4.90 Å². The van der Waals surface area contributed by atoms with Crippen LogP contribution in [-0.4, -0.2) is 28.0 Å². The minimum atomic E-state index is -1.09. The van der Waals surface area contributed by atoms with Gasteiger partial charge in [-0.3, -0.25) is 9.69 Å². The average Bonchev–Trinajstić information content (AvgIpc) is 2.15. The van der Waals surface area contributed by atoms with Crippen LogP contribution in [0.2, 0.25) is 0 Å². The van der Waals surface area contributed by atoms with Gasteiger partial charge in [-0.25, -0.2) is 9.78 Å². The Morgan fingerprint density at radius 3 is 2.56 bits per heavy atom. The molecule has 0 unspecified atom stereocenters. The Bertz CT molecular complexity index is 410. The SMILES string of the molecule is CC(C)(C)N(C(=O)O)c1cc(C=O)ccn1. The molecule has 1 N–H and O–H groups in total. The summed E-state index contributed by atoms with van der Waals surface area (Å²) in [5.74, 6) is 0.254. The van der Waals surface area contributed by atoms with Crippen molar-refractivity contribution in [1.82, 2.24) is 4.98 Å². The van der Waals surface area contributed by atoms with Gasteiger partial charge in [0.15, 0.2) is 0 Å². The molecule has 1 aromatic heterocycles. The van der Waals surface area contributed by atoms with Crippen molar-refractivity contribution in [1.29, 1.82) is 0 Å². The predicted molar refractivity (Wildman–Crippen MR) is 59.9 cm³/mol. The zero-order chi connectivity index (χ0) is 12.3. The number of aromatic nitrogens is 1. The molecule has 0 fully saturated rings. The van der Waals surface area contributed by atoms with Crippen molar-refractivity contribution < 1.29 is 14.7 Å². The van der Waals surface area contributed by atoms with E-state index in [9.17, 15) is 9.59 Å². The second kappa shape index (κ2) is 4.30. The molecule has 86 valence electrons. The maximum absolute atomic E-state index is 11.1. The number of anilines is 1. The number of carbonyl (C=O) groups is 2. The highest BCUT2D eigenvalue weighted by molar-refractivity contribution is 5.87. The summed E-state index contributed by atoms with van der Waals surface area (Å²) < 4.78 is 0. The summed E-state index contributed by atoms with van der Waals surface area (Å²) in [7, 11) is 0. The van der Waals surface area contributed by atoms with E-state index in [4.69, 9.17) is 5.11 Å². The largest absolute Gasteiger partial charge is 0.465 e. The van der Waals surface area contributed by atoms with E-state index in [1.165, 1.54) is 18.3 Å². The first-order chi connectivity index (χ1) is 7.36. The number of amides is 1. The Morgan fingerprint density at radius 1 is 1.50 bits per heavy atom. The van der Waals surface area contributed by atoms with Crippen LogP contribution in [0.5, 0.6) is 0 Å². The number of carboxylic acid groups (broad SMARTS) is 1. The van der Waals surface area contributed by atoms with Crippen molar-refractivity contribution in [2.45, 2.75) is 26.3 Å². The van der Waals surface area contributed by atoms with Crippen LogP contribution in [0.15, 0.2) is 18.3 Å². The molecular weight excluding hydrogens is 208 g/mol. The molecule has 0 aromatic carbocycles. The lowest BCUT2D eigenvalue weighted by Gasteiger charge is -2.32. The van der Waals surface area contributed by atoms with E-state index < -0.39 is 11.6 Å². The fourth-order valence-electron chi connectivity index (χ4n) is 1.36. The lowest BCUT2D eigenvalue weighted by atomic mass is 10.1. The van der Waals surface area contributed by atoms with Crippen molar-refractivity contribution in [2.24, 2.45) is 0 Å². The Morgan fingerprint density at radius 2 is 2.12 bits per heavy atom. The number of hydrogen-bond donors (Lipinski definition) is 1. The van der Waals surface area contributed by atoms with Gasteiger partial charge in [0.1, 0.15) is 12.1 Å². The first kappa shape index (κ1) is 12.2. The molecule has 5 nitrogen and oxygen atoms in total. The van der Waals surface area contributed by atoms with Crippen molar-refractivity contribution >= 4 is 18.2 Å². The zero-order valence-electron chi connectivity index (χ0n) is 9.47. The van der Waals surface area contributed by atoms with Crippen molar-refractivity contribution in [2.75, 3.05) is 4.90 Å². The van der Waals surface area contributed by atoms with Gasteiger partial charge in [0, 0.05) is 17.3 Å². The van der Waals surface area contributed by atoms with Gasteiger partial charge in [-0.15, -0.1) is 0 Å². The van der Waals surface area contributed by atoms with Gasteiger partial charge < -0.3 is 5.11 Å². The molecule has 1 heterocycles. The number of carbonyl (C=O) groups excluding carboxylic acids is 1. The molecule has 0 saturated heterocycles. The van der Waals surface area contributed by atoms with E-state index in [1.54, 1.807) is 20.8 Å². The molecule has 0 atom stereocenters. The van der Waals surface area contributed by atoms with E-state index in [0.29, 0.717) is 11.8 Å². The van der Waals surface area contributed by atoms with Gasteiger partial charge >= 0.3 is 6.09 Å². The molecule has 1 aromatic rings. The predicted octanol–water partition coefficient (Wildman–Crippen LogP) is 2.18. The molecular formula is C11H14N2O3. The number of rotatable bonds is 2. The fraction of sp³-hybridized carbons (Fsp3) is 0.364. The Labute approximate surface area is 93.7 Å². The first-order valence-corrected chi connectivity index (χ1v) is 4.80. The molecule has 0 aliphatic carbocycles. The molecule has 0 radical (unpaired) electrons. The highest BCUT2D eigenvalue weighted by Crippen LogP contribution is 2.22. The summed E-state index contributed by atoms with van der Waals surface area (Å²) in [6.45, 7) is 5.28. The summed E-state index contributed by atoms with van der Waals surface area (Å²) in [4.78, 5) is 26.8. The van der Waals surface area contributed by atoms with Crippen LogP contribution in [0.3, 0.4) is 0 Å². The van der Waals surface area contributed by atoms with Gasteiger partial charge in [-0.05, 0) is 32.9 Å². The van der Waals surface area contributed by atoms with Crippen LogP contribution in [0.25, 0.3) is 0 Å². The number of pyridine rings is 1. The van der Waals surface area contributed by atoms with Gasteiger partial charge in [-0.1, -0.05) is 0 Å². The zero-order valence-corrected chi connectivity index (χ0v) is 9.47. The van der Waals surface area contributed by atoms with E-state index in [-0.39, 0.29) is 5.82 Å². The molecule has 0 aliphatic heterocycles. The quantitative estimate of drug-likeness (QED) is 0.778. The van der Waals surface area contributed by atoms with E-state index in [2.05, 4.69) is 4.98 Å². The summed E-state index contributed by atoms with van der Waals surface area (Å²) in [6.07, 6.45) is 0.984. The van der Waals surface area contributed by atoms with E-state index in [1.807, 2.05) is 0 Å². The fourth-order valence-corrected chi connectivity index (χ4v) is 1.36. The monoisotopic (exact) mass is 222 g/mol. The normalized spacial score (nSPS) is 10.9. The van der Waals surface area contributed by atoms with Crippen LogP contribution in [0, 0.1) is 0 Å². The smallest absolute Gasteiger partial charge is 0.413 e. The maximum atomic E-state index is 11.1. The Kier molecular flexibility index (Phi) is 3.27. The first-order valence-electron chi connectivity index (χ1n) is 4.80. The second-order valence-electron chi connectivity index (χ2n) is 4.35. The lowest BCUT2D eigenvalue weighted by Crippen LogP contribution is -2.45. The van der Waals surface area contributed by atoms with Gasteiger partial charge in [-0.2, -0.15) is 0 Å². The van der Waals surface area contributed by atoms with Crippen LogP contribution in [0.1, 0.15) is 31.1 Å². The minimum absolute atomic E-state index is 0.254. The molecule has 0 aliphatic rings. The third kappa shape index (κ3) is 2.56. The summed E-state index contributed by atoms with van der Waals surface area (Å²) in [5, 5.41) is 9.12. The topological polar surface area (TPSA) is 70.5 Å². The van der Waals surface area contributed by atoms with Crippen molar-refractivity contribution in [3.8, 4) is 0 Å². The molecule has 5 heteroatoms. The average molecular weight is 222 g/mol.